The first-order valence-electron chi connectivity index (χ1n) is 8.66. The van der Waals surface area contributed by atoms with E-state index in [2.05, 4.69) is 16.2 Å². The average molecular weight is 404 g/mol. The van der Waals surface area contributed by atoms with Crippen molar-refractivity contribution in [3.8, 4) is 5.75 Å². The van der Waals surface area contributed by atoms with Gasteiger partial charge in [0.05, 0.1) is 0 Å². The highest BCUT2D eigenvalue weighted by Gasteiger charge is 2.10. The number of hydrogen-bond donors (Lipinski definition) is 3. The minimum absolute atomic E-state index is 0.00368. The van der Waals surface area contributed by atoms with Crippen LogP contribution in [-0.4, -0.2) is 24.3 Å². The van der Waals surface area contributed by atoms with Crippen LogP contribution in [-0.2, 0) is 14.4 Å². The molecule has 8 heteroatoms. The topological polar surface area (TPSA) is 96.5 Å². The summed E-state index contributed by atoms with van der Waals surface area (Å²) in [7, 11) is 0. The van der Waals surface area contributed by atoms with Crippen LogP contribution in [0.4, 0.5) is 5.69 Å². The molecule has 28 heavy (non-hydrogen) atoms. The molecule has 7 nitrogen and oxygen atoms in total. The molecule has 0 saturated carbocycles. The third kappa shape index (κ3) is 7.28. The van der Waals surface area contributed by atoms with Gasteiger partial charge in [-0.05, 0) is 49.7 Å². The number of carbonyl (C=O) groups is 3. The molecule has 2 rings (SSSR count). The van der Waals surface area contributed by atoms with Gasteiger partial charge in [0.15, 0.2) is 6.61 Å². The van der Waals surface area contributed by atoms with E-state index in [9.17, 15) is 14.4 Å². The van der Waals surface area contributed by atoms with Crippen molar-refractivity contribution in [3.05, 3.63) is 58.6 Å². The Balaban J connectivity index is 1.65. The average Bonchev–Trinajstić information content (AvgIpc) is 2.66. The largest absolute Gasteiger partial charge is 0.484 e. The van der Waals surface area contributed by atoms with Crippen molar-refractivity contribution in [1.82, 2.24) is 10.9 Å². The number of carbonyl (C=O) groups excluding carboxylic acids is 3. The first kappa shape index (κ1) is 21.2. The Bertz CT molecular complexity index is 853. The number of anilines is 1. The van der Waals surface area contributed by atoms with Crippen LogP contribution in [0.15, 0.2) is 42.5 Å². The molecule has 0 aliphatic rings. The molecule has 0 bridgehead atoms. The Morgan fingerprint density at radius 1 is 0.893 bits per heavy atom. The van der Waals surface area contributed by atoms with Crippen LogP contribution in [0.1, 0.15) is 24.0 Å². The molecule has 0 spiro atoms. The summed E-state index contributed by atoms with van der Waals surface area (Å²) in [6, 6.07) is 12.2. The highest BCUT2D eigenvalue weighted by molar-refractivity contribution is 6.30. The molecule has 3 amide bonds. The summed E-state index contributed by atoms with van der Waals surface area (Å²) < 4.78 is 5.25. The predicted molar refractivity (Wildman–Crippen MR) is 107 cm³/mol. The number of rotatable bonds is 7. The minimum atomic E-state index is -0.525. The molecule has 0 atom stereocenters. The molecular weight excluding hydrogens is 382 g/mol. The third-order valence-electron chi connectivity index (χ3n) is 3.76. The van der Waals surface area contributed by atoms with E-state index < -0.39 is 11.8 Å². The van der Waals surface area contributed by atoms with E-state index >= 15 is 0 Å². The second-order valence-electron chi connectivity index (χ2n) is 6.21. The first-order valence-corrected chi connectivity index (χ1v) is 9.04. The lowest BCUT2D eigenvalue weighted by molar-refractivity contribution is -0.130. The lowest BCUT2D eigenvalue weighted by Crippen LogP contribution is -2.44. The van der Waals surface area contributed by atoms with Gasteiger partial charge in [-0.2, -0.15) is 0 Å². The molecule has 2 aromatic carbocycles. The standard InChI is InChI=1S/C20H22ClN3O4/c1-13-3-8-17(14(2)11-13)22-18(25)9-10-19(26)23-24-20(27)12-28-16-6-4-15(21)5-7-16/h3-8,11H,9-10,12H2,1-2H3,(H,22,25)(H,23,26)(H,24,27). The summed E-state index contributed by atoms with van der Waals surface area (Å²) in [6.45, 7) is 3.60. The Hall–Kier alpha value is -3.06. The number of hydrazine groups is 1. The number of benzene rings is 2. The van der Waals surface area contributed by atoms with E-state index in [1.54, 1.807) is 24.3 Å². The van der Waals surface area contributed by atoms with E-state index in [0.717, 1.165) is 11.1 Å². The maximum atomic E-state index is 12.0. The second kappa shape index (κ2) is 10.3. The van der Waals surface area contributed by atoms with Gasteiger partial charge in [-0.3, -0.25) is 25.2 Å². The minimum Gasteiger partial charge on any atom is -0.484 e. The lowest BCUT2D eigenvalue weighted by atomic mass is 10.1. The first-order chi connectivity index (χ1) is 13.3. The van der Waals surface area contributed by atoms with Gasteiger partial charge < -0.3 is 10.1 Å². The van der Waals surface area contributed by atoms with Crippen molar-refractivity contribution >= 4 is 35.0 Å². The van der Waals surface area contributed by atoms with Crippen LogP contribution in [0.3, 0.4) is 0 Å². The lowest BCUT2D eigenvalue weighted by Gasteiger charge is -2.10. The molecule has 0 unspecified atom stereocenters. The summed E-state index contributed by atoms with van der Waals surface area (Å²) in [5, 5.41) is 3.33. The van der Waals surface area contributed by atoms with Crippen molar-refractivity contribution in [2.24, 2.45) is 0 Å². The maximum absolute atomic E-state index is 12.0. The van der Waals surface area contributed by atoms with Crippen LogP contribution < -0.4 is 20.9 Å². The summed E-state index contributed by atoms with van der Waals surface area (Å²) in [4.78, 5) is 35.4. The van der Waals surface area contributed by atoms with Crippen LogP contribution in [0.25, 0.3) is 0 Å². The molecule has 0 heterocycles. The number of hydrogen-bond acceptors (Lipinski definition) is 4. The van der Waals surface area contributed by atoms with Crippen molar-refractivity contribution in [1.29, 1.82) is 0 Å². The van der Waals surface area contributed by atoms with Crippen LogP contribution in [0.5, 0.6) is 5.75 Å². The smallest absolute Gasteiger partial charge is 0.276 e. The molecule has 0 aliphatic carbocycles. The molecule has 0 radical (unpaired) electrons. The predicted octanol–water partition coefficient (Wildman–Crippen LogP) is 2.90. The summed E-state index contributed by atoms with van der Waals surface area (Å²) in [5.74, 6) is -0.799. The SMILES string of the molecule is Cc1ccc(NC(=O)CCC(=O)NNC(=O)COc2ccc(Cl)cc2)c(C)c1. The van der Waals surface area contributed by atoms with E-state index in [-0.39, 0.29) is 25.4 Å². The highest BCUT2D eigenvalue weighted by Crippen LogP contribution is 2.16. The third-order valence-corrected chi connectivity index (χ3v) is 4.01. The number of aryl methyl sites for hydroxylation is 2. The number of ether oxygens (including phenoxy) is 1. The number of halogens is 1. The Morgan fingerprint density at radius 3 is 2.21 bits per heavy atom. The molecule has 2 aromatic rings. The van der Waals surface area contributed by atoms with Gasteiger partial charge in [0.1, 0.15) is 5.75 Å². The van der Waals surface area contributed by atoms with E-state index in [1.165, 1.54) is 0 Å². The van der Waals surface area contributed by atoms with Gasteiger partial charge in [-0.15, -0.1) is 0 Å². The van der Waals surface area contributed by atoms with Crippen LogP contribution in [0, 0.1) is 13.8 Å². The fourth-order valence-electron chi connectivity index (χ4n) is 2.31. The number of amides is 3. The summed E-state index contributed by atoms with van der Waals surface area (Å²) in [5.41, 5.74) is 7.24. The van der Waals surface area contributed by atoms with Crippen molar-refractivity contribution in [3.63, 3.8) is 0 Å². The van der Waals surface area contributed by atoms with Gasteiger partial charge >= 0.3 is 0 Å². The monoisotopic (exact) mass is 403 g/mol. The van der Waals surface area contributed by atoms with Crippen LogP contribution in [0.2, 0.25) is 5.02 Å². The molecule has 0 aromatic heterocycles. The van der Waals surface area contributed by atoms with Gasteiger partial charge in [-0.1, -0.05) is 29.3 Å². The van der Waals surface area contributed by atoms with Crippen molar-refractivity contribution in [2.75, 3.05) is 11.9 Å². The normalized spacial score (nSPS) is 10.1. The maximum Gasteiger partial charge on any atom is 0.276 e. The van der Waals surface area contributed by atoms with Gasteiger partial charge in [0.25, 0.3) is 5.91 Å². The Labute approximate surface area is 168 Å². The van der Waals surface area contributed by atoms with Crippen molar-refractivity contribution in [2.45, 2.75) is 26.7 Å². The number of nitrogens with one attached hydrogen (secondary N) is 3. The molecule has 0 aliphatic heterocycles. The molecule has 3 N–H and O–H groups in total. The summed E-state index contributed by atoms with van der Waals surface area (Å²) in [6.07, 6.45) is -0.0641. The molecule has 0 fully saturated rings. The Kier molecular flexibility index (Phi) is 7.83. The molecule has 148 valence electrons. The Morgan fingerprint density at radius 2 is 1.54 bits per heavy atom. The zero-order chi connectivity index (χ0) is 20.5. The van der Waals surface area contributed by atoms with E-state index in [1.807, 2.05) is 32.0 Å². The van der Waals surface area contributed by atoms with E-state index in [0.29, 0.717) is 16.5 Å². The van der Waals surface area contributed by atoms with Crippen LogP contribution >= 0.6 is 11.6 Å². The fourth-order valence-corrected chi connectivity index (χ4v) is 2.44. The highest BCUT2D eigenvalue weighted by atomic mass is 35.5. The van der Waals surface area contributed by atoms with Gasteiger partial charge in [0, 0.05) is 23.6 Å². The zero-order valence-electron chi connectivity index (χ0n) is 15.7. The van der Waals surface area contributed by atoms with Crippen molar-refractivity contribution < 1.29 is 19.1 Å². The molecular formula is C20H22ClN3O4. The fraction of sp³-hybridized carbons (Fsp3) is 0.250. The van der Waals surface area contributed by atoms with Gasteiger partial charge in [0.2, 0.25) is 11.8 Å². The van der Waals surface area contributed by atoms with E-state index in [4.69, 9.17) is 16.3 Å². The van der Waals surface area contributed by atoms with Gasteiger partial charge in [-0.25, -0.2) is 0 Å². The summed E-state index contributed by atoms with van der Waals surface area (Å²) >= 11 is 5.76. The molecule has 0 saturated heterocycles. The quantitative estimate of drug-likeness (QED) is 0.619. The zero-order valence-corrected chi connectivity index (χ0v) is 16.4. The second-order valence-corrected chi connectivity index (χ2v) is 6.64.